The van der Waals surface area contributed by atoms with Gasteiger partial charge >= 0.3 is 0 Å². The molecule has 0 unspecified atom stereocenters. The van der Waals surface area contributed by atoms with Gasteiger partial charge in [0.2, 0.25) is 88.6 Å². The normalized spacial score (nSPS) is 28.3. The van der Waals surface area contributed by atoms with Gasteiger partial charge in [-0.2, -0.15) is 11.8 Å². The van der Waals surface area contributed by atoms with Gasteiger partial charge in [0, 0.05) is 60.8 Å². The van der Waals surface area contributed by atoms with Gasteiger partial charge in [0.25, 0.3) is 0 Å². The van der Waals surface area contributed by atoms with Crippen molar-refractivity contribution in [1.29, 1.82) is 0 Å². The van der Waals surface area contributed by atoms with Gasteiger partial charge in [0.1, 0.15) is 90.3 Å². The molecule has 4 saturated heterocycles. The second kappa shape index (κ2) is 42.3. The standard InChI is InChI=1S/C64H96N18O18S5/c1-7-32(4)50-62(98)76-42(51(66)87)26-102-104-28-44-58(94)74-40(24-83)55(91)73-39(21-35-23-67-30-68-35)63(99)81-17-8-10-46(81)59(95)79-49(31(2)3)61(97)78-45(29-105-103-27-43(56(92)77-44)70-48(86)22-65)57(93)72-38(20-34-12-14-36(85)15-13-34)54(90)69-33(5)52(88)71-37(16-19-101-6)53(89)75-41(25-84)64(100)82-18-9-11-47(82)60(96)80-50/h12-15,23,30-33,37-47,49-50,83-85H,7-11,16-22,24-29,65H2,1-6H3,(H2,66,87)(H,67,68)(H,69,90)(H,70,86)(H,71,88)(H,72,93)(H,73,91)(H,74,94)(H,75,89)(H,76,98)(H,77,92)(H,78,97)(H,79,95)(H,80,96)/t32-,33-,37-,38-,39-,40-,41-,42-,43-,44-,45-,46-,47-,49-,50-/m0/s1. The number of primary amides is 1. The zero-order valence-electron chi connectivity index (χ0n) is 58.9. The van der Waals surface area contributed by atoms with Crippen LogP contribution in [0, 0.1) is 11.8 Å². The van der Waals surface area contributed by atoms with E-state index in [0.29, 0.717) is 17.7 Å². The summed E-state index contributed by atoms with van der Waals surface area (Å²) in [5.41, 5.74) is 12.3. The molecule has 1 aromatic heterocycles. The van der Waals surface area contributed by atoms with Gasteiger partial charge in [-0.25, -0.2) is 4.98 Å². The Kier molecular flexibility index (Phi) is 34.6. The molecule has 4 fully saturated rings. The Bertz CT molecular complexity index is 3400. The Morgan fingerprint density at radius 3 is 1.67 bits per heavy atom. The highest BCUT2D eigenvalue weighted by atomic mass is 33.1. The van der Waals surface area contributed by atoms with Crippen LogP contribution in [0.25, 0.3) is 0 Å². The molecule has 41 heteroatoms. The van der Waals surface area contributed by atoms with E-state index in [0.717, 1.165) is 48.1 Å². The van der Waals surface area contributed by atoms with E-state index in [-0.39, 0.29) is 81.0 Å². The van der Waals surface area contributed by atoms with Crippen molar-refractivity contribution in [3.8, 4) is 5.75 Å². The average Bonchev–Trinajstić information content (AvgIpc) is 1.73. The molecule has 15 amide bonds. The van der Waals surface area contributed by atoms with Crippen LogP contribution in [0.3, 0.4) is 0 Å². The molecule has 4 aliphatic heterocycles. The number of thioether (sulfide) groups is 1. The number of carbonyl (C=O) groups excluding carboxylic acids is 15. The number of aromatic hydroxyl groups is 1. The van der Waals surface area contributed by atoms with Gasteiger partial charge in [0.05, 0.1) is 26.1 Å². The molecule has 2 bridgehead atoms. The van der Waals surface area contributed by atoms with E-state index in [4.69, 9.17) is 11.5 Å². The van der Waals surface area contributed by atoms with E-state index in [1.807, 2.05) is 0 Å². The zero-order chi connectivity index (χ0) is 77.2. The maximum absolute atomic E-state index is 15.0. The van der Waals surface area contributed by atoms with Crippen LogP contribution in [0.2, 0.25) is 0 Å². The predicted octanol–water partition coefficient (Wildman–Crippen LogP) is -5.61. The number of imidazole rings is 1. The number of phenols is 1. The van der Waals surface area contributed by atoms with E-state index in [2.05, 4.69) is 73.8 Å². The number of aliphatic hydroxyl groups excluding tert-OH is 2. The lowest BCUT2D eigenvalue weighted by atomic mass is 9.97. The summed E-state index contributed by atoms with van der Waals surface area (Å²) in [5, 5.41) is 62.7. The SMILES string of the molecule is CC[C@H](C)[C@@H]1NC(=O)[C@@H]2CCCN2C(=O)[C@H](CO)NC(=O)[C@H](CCSC)NC(=O)[C@H](C)NC(=O)[C@H](Cc2ccc(O)cc2)NC(=O)[C@@H]2CSSC[C@H](NC(=O)CN)C(=O)N[C@@H](CSSC[C@@H](C(N)=O)NC1=O)C(=O)N[C@@H](CO)C(=O)N[C@@H](Cc1cnc[nH]1)C(=O)N1CCC[C@H]1C(=O)N[C@@H](C(C)C)C(=O)N2. The maximum Gasteiger partial charge on any atom is 0.248 e. The summed E-state index contributed by atoms with van der Waals surface area (Å²) < 4.78 is 0. The summed E-state index contributed by atoms with van der Waals surface area (Å²) in [6, 6.07) is -15.5. The molecular formula is C64H96N18O18S5. The summed E-state index contributed by atoms with van der Waals surface area (Å²) in [6.45, 7) is 5.15. The molecule has 20 N–H and O–H groups in total. The summed E-state index contributed by atoms with van der Waals surface area (Å²) in [4.78, 5) is 224. The second-order valence-electron chi connectivity index (χ2n) is 25.9. The molecule has 6 rings (SSSR count). The van der Waals surface area contributed by atoms with Crippen molar-refractivity contribution in [1.82, 2.24) is 83.6 Å². The number of nitrogens with two attached hydrogens (primary N) is 2. The molecule has 15 atom stereocenters. The third-order valence-corrected chi connectivity index (χ3v) is 23.3. The molecule has 0 radical (unpaired) electrons. The average molecular weight is 1570 g/mol. The highest BCUT2D eigenvalue weighted by Gasteiger charge is 2.44. The number of amides is 15. The number of fused-ring (bicyclic) bond motifs is 10. The molecule has 0 saturated carbocycles. The first kappa shape index (κ1) is 85.8. The van der Waals surface area contributed by atoms with Crippen molar-refractivity contribution in [3.05, 3.63) is 48.0 Å². The van der Waals surface area contributed by atoms with Crippen molar-refractivity contribution in [2.45, 2.75) is 171 Å². The van der Waals surface area contributed by atoms with Crippen LogP contribution in [0.15, 0.2) is 36.8 Å². The molecule has 36 nitrogen and oxygen atoms in total. The van der Waals surface area contributed by atoms with E-state index >= 15 is 4.79 Å². The third kappa shape index (κ3) is 25.3. The minimum atomic E-state index is -1.84. The number of rotatable bonds is 15. The highest BCUT2D eigenvalue weighted by Crippen LogP contribution is 2.28. The largest absolute Gasteiger partial charge is 0.508 e. The Labute approximate surface area is 626 Å². The van der Waals surface area contributed by atoms with E-state index < -0.39 is 216 Å². The van der Waals surface area contributed by atoms with Gasteiger partial charge in [-0.3, -0.25) is 71.9 Å². The topological polar surface area (TPSA) is 548 Å². The Hall–Kier alpha value is -8.09. The lowest BCUT2D eigenvalue weighted by Gasteiger charge is -2.31. The lowest BCUT2D eigenvalue weighted by molar-refractivity contribution is -0.143. The Morgan fingerprint density at radius 1 is 0.600 bits per heavy atom. The van der Waals surface area contributed by atoms with Gasteiger partial charge in [0.15, 0.2) is 0 Å². The number of hydrogen-bond donors (Lipinski definition) is 18. The molecule has 105 heavy (non-hydrogen) atoms. The number of phenolic OH excluding ortho intramolecular Hbond substituents is 1. The van der Waals surface area contributed by atoms with Crippen molar-refractivity contribution in [2.75, 3.05) is 67.9 Å². The third-order valence-electron chi connectivity index (χ3n) is 17.8. The number of benzene rings is 1. The Morgan fingerprint density at radius 2 is 1.11 bits per heavy atom. The smallest absolute Gasteiger partial charge is 0.248 e. The van der Waals surface area contributed by atoms with E-state index in [9.17, 15) is 82.4 Å². The molecule has 0 spiro atoms. The second-order valence-corrected chi connectivity index (χ2v) is 32.0. The quantitative estimate of drug-likeness (QED) is 0.0739. The monoisotopic (exact) mass is 1560 g/mol. The van der Waals surface area contributed by atoms with E-state index in [1.54, 1.807) is 34.0 Å². The number of aromatic nitrogens is 2. The predicted molar refractivity (Wildman–Crippen MR) is 392 cm³/mol. The van der Waals surface area contributed by atoms with Crippen LogP contribution in [-0.2, 0) is 84.8 Å². The molecule has 1 aromatic carbocycles. The fourth-order valence-electron chi connectivity index (χ4n) is 11.5. The fraction of sp³-hybridized carbons (Fsp3) is 0.625. The van der Waals surface area contributed by atoms with Crippen molar-refractivity contribution in [2.24, 2.45) is 23.3 Å². The summed E-state index contributed by atoms with van der Waals surface area (Å²) in [6.07, 6.45) is 4.85. The first-order valence-electron chi connectivity index (χ1n) is 34.2. The number of nitrogens with zero attached hydrogens (tertiary/aromatic N) is 3. The van der Waals surface area contributed by atoms with Crippen molar-refractivity contribution >= 4 is 144 Å². The number of H-pyrrole nitrogens is 1. The first-order valence-corrected chi connectivity index (χ1v) is 40.6. The van der Waals surface area contributed by atoms with Crippen LogP contribution >= 0.6 is 54.9 Å². The number of hydrogen-bond acceptors (Lipinski definition) is 25. The highest BCUT2D eigenvalue weighted by molar-refractivity contribution is 8.77. The van der Waals surface area contributed by atoms with Crippen molar-refractivity contribution in [3.63, 3.8) is 0 Å². The zero-order valence-corrected chi connectivity index (χ0v) is 63.0. The van der Waals surface area contributed by atoms with Gasteiger partial charge in [-0.05, 0) is 80.6 Å². The summed E-state index contributed by atoms with van der Waals surface area (Å²) in [7, 11) is 3.49. The van der Waals surface area contributed by atoms with Crippen LogP contribution in [-0.4, -0.2) is 276 Å². The first-order chi connectivity index (χ1) is 50.0. The lowest BCUT2D eigenvalue weighted by Crippen LogP contribution is -2.62. The molecule has 2 aromatic rings. The molecule has 580 valence electrons. The van der Waals surface area contributed by atoms with Gasteiger partial charge in [-0.1, -0.05) is 89.4 Å². The fourth-order valence-corrected chi connectivity index (χ4v) is 16.7. The van der Waals surface area contributed by atoms with Crippen LogP contribution in [0.1, 0.15) is 84.4 Å². The molecular weight excluding hydrogens is 1470 g/mol. The van der Waals surface area contributed by atoms with Gasteiger partial charge < -0.3 is 105 Å². The van der Waals surface area contributed by atoms with Gasteiger partial charge in [-0.15, -0.1) is 0 Å². The molecule has 5 heterocycles. The van der Waals surface area contributed by atoms with Crippen LogP contribution < -0.4 is 75.3 Å². The van der Waals surface area contributed by atoms with Crippen LogP contribution in [0.4, 0.5) is 0 Å². The van der Waals surface area contributed by atoms with Crippen LogP contribution in [0.5, 0.6) is 5.75 Å². The minimum absolute atomic E-state index is 0.0121. The Balaban J connectivity index is 1.47. The summed E-state index contributed by atoms with van der Waals surface area (Å²) >= 11 is 1.31. The van der Waals surface area contributed by atoms with Crippen molar-refractivity contribution < 1.29 is 87.2 Å². The molecule has 4 aliphatic rings. The molecule has 0 aliphatic carbocycles. The van der Waals surface area contributed by atoms with E-state index in [1.165, 1.54) is 60.4 Å². The summed E-state index contributed by atoms with van der Waals surface area (Å²) in [5.74, 6) is -16.7. The number of aromatic amines is 1. The number of carbonyl (C=O) groups is 15. The maximum atomic E-state index is 15.0. The minimum Gasteiger partial charge on any atom is -0.508 e. The number of aliphatic hydroxyl groups is 2. The number of nitrogens with one attached hydrogen (secondary N) is 13.